The molecule has 0 spiro atoms. The number of aliphatic hydroxyl groups excluding tert-OH is 1. The van der Waals surface area contributed by atoms with E-state index < -0.39 is 0 Å². The third-order valence-corrected chi connectivity index (χ3v) is 3.90. The van der Waals surface area contributed by atoms with Gasteiger partial charge in [-0.25, -0.2) is 0 Å². The predicted octanol–water partition coefficient (Wildman–Crippen LogP) is 2.34. The van der Waals surface area contributed by atoms with Crippen LogP contribution in [-0.2, 0) is 0 Å². The van der Waals surface area contributed by atoms with Crippen LogP contribution in [0, 0.1) is 5.92 Å². The minimum Gasteiger partial charge on any atom is -0.396 e. The molecule has 0 aromatic carbocycles. The first-order chi connectivity index (χ1) is 7.29. The lowest BCUT2D eigenvalue weighted by Crippen LogP contribution is -2.28. The van der Waals surface area contributed by atoms with Gasteiger partial charge in [0.05, 0.1) is 0 Å². The lowest BCUT2D eigenvalue weighted by Gasteiger charge is -2.18. The van der Waals surface area contributed by atoms with Gasteiger partial charge >= 0.3 is 0 Å². The van der Waals surface area contributed by atoms with E-state index in [0.29, 0.717) is 18.0 Å². The molecule has 1 aliphatic carbocycles. The zero-order chi connectivity index (χ0) is 10.7. The molecule has 0 fully saturated rings. The van der Waals surface area contributed by atoms with E-state index >= 15 is 0 Å². The monoisotopic (exact) mass is 223 g/mol. The molecule has 2 nitrogen and oxygen atoms in total. The standard InChI is InChI=1S/C12H17NOS/c1-9(12-3-2-6-15-12)13-11-5-4-10(7-11)8-14/h2-6,9-11,13-14H,7-8H2,1H3/t9?,10-,11+/m0/s1. The summed E-state index contributed by atoms with van der Waals surface area (Å²) in [5, 5.41) is 14.7. The summed E-state index contributed by atoms with van der Waals surface area (Å²) < 4.78 is 0. The zero-order valence-electron chi connectivity index (χ0n) is 8.89. The minimum atomic E-state index is 0.266. The summed E-state index contributed by atoms with van der Waals surface area (Å²) >= 11 is 1.78. The topological polar surface area (TPSA) is 32.3 Å². The van der Waals surface area contributed by atoms with Gasteiger partial charge in [0.1, 0.15) is 0 Å². The maximum absolute atomic E-state index is 9.02. The van der Waals surface area contributed by atoms with Crippen LogP contribution in [0.4, 0.5) is 0 Å². The maximum Gasteiger partial charge on any atom is 0.0494 e. The molecule has 0 aliphatic heterocycles. The van der Waals surface area contributed by atoms with E-state index in [1.807, 2.05) is 0 Å². The highest BCUT2D eigenvalue weighted by Gasteiger charge is 2.19. The molecule has 3 heteroatoms. The summed E-state index contributed by atoms with van der Waals surface area (Å²) in [5.41, 5.74) is 0. The molecule has 0 bridgehead atoms. The van der Waals surface area contributed by atoms with Gasteiger partial charge < -0.3 is 10.4 Å². The highest BCUT2D eigenvalue weighted by atomic mass is 32.1. The number of hydrogen-bond donors (Lipinski definition) is 2. The third kappa shape index (κ3) is 2.68. The molecule has 0 saturated carbocycles. The number of aliphatic hydroxyl groups is 1. The summed E-state index contributed by atoms with van der Waals surface area (Å²) in [6.07, 6.45) is 5.30. The molecule has 1 aromatic heterocycles. The molecule has 0 saturated heterocycles. The molecule has 1 heterocycles. The Morgan fingerprint density at radius 3 is 3.07 bits per heavy atom. The van der Waals surface area contributed by atoms with Crippen LogP contribution in [0.25, 0.3) is 0 Å². The van der Waals surface area contributed by atoms with Crippen molar-refractivity contribution in [3.05, 3.63) is 34.5 Å². The van der Waals surface area contributed by atoms with E-state index in [2.05, 4.69) is 41.9 Å². The molecule has 2 N–H and O–H groups in total. The summed E-state index contributed by atoms with van der Waals surface area (Å²) in [6, 6.07) is 5.06. The second-order valence-electron chi connectivity index (χ2n) is 4.07. The van der Waals surface area contributed by atoms with Crippen LogP contribution in [0.5, 0.6) is 0 Å². The fourth-order valence-electron chi connectivity index (χ4n) is 1.97. The smallest absolute Gasteiger partial charge is 0.0494 e. The van der Waals surface area contributed by atoms with Crippen molar-refractivity contribution in [2.24, 2.45) is 5.92 Å². The molecule has 0 amide bonds. The second kappa shape index (κ2) is 4.92. The van der Waals surface area contributed by atoms with Crippen molar-refractivity contribution in [2.45, 2.75) is 25.4 Å². The Morgan fingerprint density at radius 1 is 1.60 bits per heavy atom. The molecule has 3 atom stereocenters. The van der Waals surface area contributed by atoms with Gasteiger partial charge in [0.25, 0.3) is 0 Å². The van der Waals surface area contributed by atoms with Crippen molar-refractivity contribution in [3.8, 4) is 0 Å². The van der Waals surface area contributed by atoms with Crippen molar-refractivity contribution >= 4 is 11.3 Å². The molecular weight excluding hydrogens is 206 g/mol. The van der Waals surface area contributed by atoms with E-state index in [1.165, 1.54) is 4.88 Å². The average Bonchev–Trinajstić information content (AvgIpc) is 2.87. The van der Waals surface area contributed by atoms with Crippen molar-refractivity contribution in [1.29, 1.82) is 0 Å². The van der Waals surface area contributed by atoms with Crippen LogP contribution in [0.15, 0.2) is 29.7 Å². The van der Waals surface area contributed by atoms with Crippen LogP contribution in [0.3, 0.4) is 0 Å². The second-order valence-corrected chi connectivity index (χ2v) is 5.05. The molecule has 1 aliphatic rings. The van der Waals surface area contributed by atoms with E-state index in [0.717, 1.165) is 6.42 Å². The third-order valence-electron chi connectivity index (χ3n) is 2.84. The molecular formula is C12H17NOS. The fourth-order valence-corrected chi connectivity index (χ4v) is 2.72. The SMILES string of the molecule is CC(N[C@@H]1C=C[C@H](CO)C1)c1cccs1. The lowest BCUT2D eigenvalue weighted by molar-refractivity contribution is 0.245. The quantitative estimate of drug-likeness (QED) is 0.768. The average molecular weight is 223 g/mol. The predicted molar refractivity (Wildman–Crippen MR) is 64.0 cm³/mol. The van der Waals surface area contributed by atoms with E-state index in [1.54, 1.807) is 11.3 Å². The van der Waals surface area contributed by atoms with E-state index in [9.17, 15) is 0 Å². The molecule has 82 valence electrons. The van der Waals surface area contributed by atoms with Crippen LogP contribution in [-0.4, -0.2) is 17.8 Å². The van der Waals surface area contributed by atoms with Crippen LogP contribution < -0.4 is 5.32 Å². The van der Waals surface area contributed by atoms with Crippen molar-refractivity contribution in [3.63, 3.8) is 0 Å². The Morgan fingerprint density at radius 2 is 2.47 bits per heavy atom. The van der Waals surface area contributed by atoms with Gasteiger partial charge in [0, 0.05) is 29.5 Å². The molecule has 1 unspecified atom stereocenters. The van der Waals surface area contributed by atoms with Gasteiger partial charge in [-0.15, -0.1) is 11.3 Å². The summed E-state index contributed by atoms with van der Waals surface area (Å²) in [4.78, 5) is 1.37. The number of hydrogen-bond acceptors (Lipinski definition) is 3. The highest BCUT2D eigenvalue weighted by Crippen LogP contribution is 2.23. The van der Waals surface area contributed by atoms with Gasteiger partial charge in [-0.2, -0.15) is 0 Å². The highest BCUT2D eigenvalue weighted by molar-refractivity contribution is 7.10. The molecule has 0 radical (unpaired) electrons. The number of nitrogens with one attached hydrogen (secondary N) is 1. The Kier molecular flexibility index (Phi) is 3.57. The normalized spacial score (nSPS) is 27.1. The van der Waals surface area contributed by atoms with Crippen LogP contribution in [0.2, 0.25) is 0 Å². The van der Waals surface area contributed by atoms with Crippen molar-refractivity contribution in [1.82, 2.24) is 5.32 Å². The molecule has 1 aromatic rings. The first kappa shape index (κ1) is 10.9. The maximum atomic E-state index is 9.02. The van der Waals surface area contributed by atoms with Crippen LogP contribution >= 0.6 is 11.3 Å². The Bertz CT molecular complexity index is 320. The Balaban J connectivity index is 1.86. The first-order valence-electron chi connectivity index (χ1n) is 5.38. The van der Waals surface area contributed by atoms with Gasteiger partial charge in [-0.05, 0) is 24.8 Å². The van der Waals surface area contributed by atoms with Crippen LogP contribution in [0.1, 0.15) is 24.3 Å². The van der Waals surface area contributed by atoms with Crippen molar-refractivity contribution < 1.29 is 5.11 Å². The number of rotatable bonds is 4. The van der Waals surface area contributed by atoms with Gasteiger partial charge in [0.2, 0.25) is 0 Å². The van der Waals surface area contributed by atoms with Gasteiger partial charge in [-0.3, -0.25) is 0 Å². The summed E-state index contributed by atoms with van der Waals surface area (Å²) in [6.45, 7) is 2.45. The first-order valence-corrected chi connectivity index (χ1v) is 6.26. The number of thiophene rings is 1. The van der Waals surface area contributed by atoms with Gasteiger partial charge in [-0.1, -0.05) is 18.2 Å². The summed E-state index contributed by atoms with van der Waals surface area (Å²) in [5.74, 6) is 0.345. The minimum absolute atomic E-state index is 0.266. The zero-order valence-corrected chi connectivity index (χ0v) is 9.70. The largest absolute Gasteiger partial charge is 0.396 e. The molecule has 2 rings (SSSR count). The van der Waals surface area contributed by atoms with E-state index in [4.69, 9.17) is 5.11 Å². The summed E-state index contributed by atoms with van der Waals surface area (Å²) in [7, 11) is 0. The lowest BCUT2D eigenvalue weighted by atomic mass is 10.1. The van der Waals surface area contributed by atoms with Crippen molar-refractivity contribution in [2.75, 3.05) is 6.61 Å². The van der Waals surface area contributed by atoms with Gasteiger partial charge in [0.15, 0.2) is 0 Å². The fraction of sp³-hybridized carbons (Fsp3) is 0.500. The Labute approximate surface area is 94.6 Å². The molecule has 15 heavy (non-hydrogen) atoms. The van der Waals surface area contributed by atoms with E-state index in [-0.39, 0.29) is 6.61 Å². The Hall–Kier alpha value is -0.640.